The van der Waals surface area contributed by atoms with E-state index in [-0.39, 0.29) is 5.56 Å². The molecule has 0 amide bonds. The molecule has 0 aliphatic carbocycles. The molecule has 2 aromatic rings. The van der Waals surface area contributed by atoms with Crippen LogP contribution in [0.25, 0.3) is 11.0 Å². The molecule has 0 spiro atoms. The fourth-order valence-corrected chi connectivity index (χ4v) is 1.99. The Hall–Kier alpha value is -1.78. The number of rotatable bonds is 0. The van der Waals surface area contributed by atoms with Crippen LogP contribution in [0.15, 0.2) is 17.3 Å². The summed E-state index contributed by atoms with van der Waals surface area (Å²) in [6.07, 6.45) is 6.01. The van der Waals surface area contributed by atoms with E-state index >= 15 is 0 Å². The van der Waals surface area contributed by atoms with Crippen molar-refractivity contribution >= 4 is 11.0 Å². The monoisotopic (exact) mass is 202 g/mol. The number of aryl methyl sites for hydroxylation is 1. The summed E-state index contributed by atoms with van der Waals surface area (Å²) < 4.78 is 1.73. The number of hydrogen-bond donors (Lipinski definition) is 0. The Balaban J connectivity index is 2.41. The van der Waals surface area contributed by atoms with E-state index in [1.165, 1.54) is 6.33 Å². The molecular formula is C10H10N4O. The van der Waals surface area contributed by atoms with Crippen molar-refractivity contribution in [2.75, 3.05) is 0 Å². The average molecular weight is 202 g/mol. The van der Waals surface area contributed by atoms with Crippen molar-refractivity contribution in [3.63, 3.8) is 0 Å². The van der Waals surface area contributed by atoms with Gasteiger partial charge in [-0.25, -0.2) is 15.0 Å². The summed E-state index contributed by atoms with van der Waals surface area (Å²) in [5, 5.41) is 0. The summed E-state index contributed by atoms with van der Waals surface area (Å²) >= 11 is 0. The fraction of sp³-hybridized carbons (Fsp3) is 0.400. The summed E-state index contributed by atoms with van der Waals surface area (Å²) in [5.41, 5.74) is 1.00. The van der Waals surface area contributed by atoms with Crippen LogP contribution in [0.1, 0.15) is 18.7 Å². The lowest BCUT2D eigenvalue weighted by Crippen LogP contribution is -2.28. The van der Waals surface area contributed by atoms with Gasteiger partial charge < -0.3 is 0 Å². The fourth-order valence-electron chi connectivity index (χ4n) is 1.99. The third-order valence-electron chi connectivity index (χ3n) is 2.73. The van der Waals surface area contributed by atoms with E-state index in [1.54, 1.807) is 10.8 Å². The largest absolute Gasteiger partial charge is 0.295 e. The van der Waals surface area contributed by atoms with Crippen LogP contribution in [-0.4, -0.2) is 19.5 Å². The smallest absolute Gasteiger partial charge is 0.280 e. The number of fused-ring (bicyclic) bond motifs is 2. The second kappa shape index (κ2) is 3.12. The van der Waals surface area contributed by atoms with E-state index < -0.39 is 0 Å². The molecule has 0 N–H and O–H groups in total. The maximum absolute atomic E-state index is 12.0. The molecule has 1 aliphatic rings. The molecule has 76 valence electrons. The first-order chi connectivity index (χ1) is 7.36. The van der Waals surface area contributed by atoms with E-state index in [4.69, 9.17) is 0 Å². The standard InChI is InChI=1S/C10H10N4O/c15-10-9-7(5-11-6-12-9)13-8-3-1-2-4-14(8)10/h5-6H,1-4H2. The van der Waals surface area contributed by atoms with Crippen LogP contribution in [-0.2, 0) is 13.0 Å². The highest BCUT2D eigenvalue weighted by Gasteiger charge is 2.14. The van der Waals surface area contributed by atoms with Gasteiger partial charge in [-0.05, 0) is 12.8 Å². The molecule has 3 rings (SSSR count). The molecule has 0 atom stereocenters. The third kappa shape index (κ3) is 1.23. The quantitative estimate of drug-likeness (QED) is 0.625. The van der Waals surface area contributed by atoms with Crippen LogP contribution < -0.4 is 5.56 Å². The third-order valence-corrected chi connectivity index (χ3v) is 2.73. The molecule has 2 aromatic heterocycles. The molecule has 0 fully saturated rings. The Labute approximate surface area is 85.8 Å². The molecule has 0 aromatic carbocycles. The molecule has 1 aliphatic heterocycles. The van der Waals surface area contributed by atoms with Crippen molar-refractivity contribution in [2.24, 2.45) is 0 Å². The van der Waals surface area contributed by atoms with E-state index in [9.17, 15) is 4.79 Å². The molecule has 0 saturated carbocycles. The molecular weight excluding hydrogens is 192 g/mol. The SMILES string of the molecule is O=c1c2ncncc2nc2n1CCCC2. The lowest BCUT2D eigenvalue weighted by atomic mass is 10.1. The average Bonchev–Trinajstić information content (AvgIpc) is 2.30. The van der Waals surface area contributed by atoms with Gasteiger partial charge in [0.15, 0.2) is 5.52 Å². The number of nitrogens with zero attached hydrogens (tertiary/aromatic N) is 4. The van der Waals surface area contributed by atoms with Crippen LogP contribution in [0.2, 0.25) is 0 Å². The summed E-state index contributed by atoms with van der Waals surface area (Å²) in [6, 6.07) is 0. The summed E-state index contributed by atoms with van der Waals surface area (Å²) in [7, 11) is 0. The van der Waals surface area contributed by atoms with Crippen molar-refractivity contribution in [1.29, 1.82) is 0 Å². The first-order valence-electron chi connectivity index (χ1n) is 5.06. The van der Waals surface area contributed by atoms with Gasteiger partial charge >= 0.3 is 0 Å². The van der Waals surface area contributed by atoms with Crippen LogP contribution in [0, 0.1) is 0 Å². The molecule has 0 radical (unpaired) electrons. The minimum Gasteiger partial charge on any atom is -0.295 e. The van der Waals surface area contributed by atoms with Gasteiger partial charge in [0, 0.05) is 13.0 Å². The minimum atomic E-state index is -0.0305. The predicted octanol–water partition coefficient (Wildman–Crippen LogP) is 0.523. The minimum absolute atomic E-state index is 0.0305. The molecule has 0 unspecified atom stereocenters. The highest BCUT2D eigenvalue weighted by molar-refractivity contribution is 5.71. The zero-order valence-electron chi connectivity index (χ0n) is 8.18. The maximum atomic E-state index is 12.0. The maximum Gasteiger partial charge on any atom is 0.280 e. The van der Waals surface area contributed by atoms with Crippen LogP contribution in [0.3, 0.4) is 0 Å². The van der Waals surface area contributed by atoms with Crippen molar-refractivity contribution in [3.8, 4) is 0 Å². The Morgan fingerprint density at radius 1 is 1.33 bits per heavy atom. The van der Waals surface area contributed by atoms with Gasteiger partial charge in [0.05, 0.1) is 6.20 Å². The van der Waals surface area contributed by atoms with Gasteiger partial charge in [-0.3, -0.25) is 9.36 Å². The molecule has 5 nitrogen and oxygen atoms in total. The van der Waals surface area contributed by atoms with E-state index in [0.29, 0.717) is 11.0 Å². The number of aromatic nitrogens is 4. The van der Waals surface area contributed by atoms with Gasteiger partial charge in [-0.1, -0.05) is 0 Å². The zero-order chi connectivity index (χ0) is 10.3. The highest BCUT2D eigenvalue weighted by atomic mass is 16.1. The highest BCUT2D eigenvalue weighted by Crippen LogP contribution is 2.12. The first-order valence-corrected chi connectivity index (χ1v) is 5.06. The molecule has 3 heterocycles. The van der Waals surface area contributed by atoms with Crippen molar-refractivity contribution in [3.05, 3.63) is 28.7 Å². The van der Waals surface area contributed by atoms with Crippen LogP contribution in [0.4, 0.5) is 0 Å². The van der Waals surface area contributed by atoms with Crippen molar-refractivity contribution < 1.29 is 0 Å². The summed E-state index contributed by atoms with van der Waals surface area (Å²) in [6.45, 7) is 0.765. The van der Waals surface area contributed by atoms with E-state index in [0.717, 1.165) is 31.6 Å². The number of hydrogen-bond acceptors (Lipinski definition) is 4. The van der Waals surface area contributed by atoms with Crippen molar-refractivity contribution in [1.82, 2.24) is 19.5 Å². The first kappa shape index (κ1) is 8.52. The Bertz CT molecular complexity index is 575. The van der Waals surface area contributed by atoms with Gasteiger partial charge in [0.1, 0.15) is 17.7 Å². The van der Waals surface area contributed by atoms with E-state index in [2.05, 4.69) is 15.0 Å². The predicted molar refractivity (Wildman–Crippen MR) is 54.5 cm³/mol. The van der Waals surface area contributed by atoms with Gasteiger partial charge in [0.25, 0.3) is 5.56 Å². The topological polar surface area (TPSA) is 60.7 Å². The normalized spacial score (nSPS) is 15.2. The molecule has 5 heteroatoms. The zero-order valence-corrected chi connectivity index (χ0v) is 8.18. The summed E-state index contributed by atoms with van der Waals surface area (Å²) in [5.74, 6) is 0.869. The Morgan fingerprint density at radius 2 is 2.27 bits per heavy atom. The Kier molecular flexibility index (Phi) is 1.77. The second-order valence-electron chi connectivity index (χ2n) is 3.70. The molecule has 0 saturated heterocycles. The summed E-state index contributed by atoms with van der Waals surface area (Å²) in [4.78, 5) is 24.3. The van der Waals surface area contributed by atoms with Gasteiger partial charge in [0.2, 0.25) is 0 Å². The van der Waals surface area contributed by atoms with E-state index in [1.807, 2.05) is 0 Å². The van der Waals surface area contributed by atoms with Crippen molar-refractivity contribution in [2.45, 2.75) is 25.8 Å². The molecule has 15 heavy (non-hydrogen) atoms. The second-order valence-corrected chi connectivity index (χ2v) is 3.70. The van der Waals surface area contributed by atoms with Crippen LogP contribution in [0.5, 0.6) is 0 Å². The van der Waals surface area contributed by atoms with Gasteiger partial charge in [-0.15, -0.1) is 0 Å². The lowest BCUT2D eigenvalue weighted by molar-refractivity contribution is 0.500. The van der Waals surface area contributed by atoms with Gasteiger partial charge in [-0.2, -0.15) is 0 Å². The Morgan fingerprint density at radius 3 is 3.20 bits per heavy atom. The lowest BCUT2D eigenvalue weighted by Gasteiger charge is -2.16. The molecule has 0 bridgehead atoms. The van der Waals surface area contributed by atoms with Crippen LogP contribution >= 0.6 is 0 Å².